The van der Waals surface area contributed by atoms with Crippen LogP contribution in [-0.2, 0) is 14.4 Å². The molecule has 1 heterocycles. The second-order valence-electron chi connectivity index (χ2n) is 9.88. The zero-order valence-corrected chi connectivity index (χ0v) is 18.0. The van der Waals surface area contributed by atoms with Crippen LogP contribution in [0.15, 0.2) is 12.0 Å². The largest absolute Gasteiger partial charge is 0.532 e. The van der Waals surface area contributed by atoms with Gasteiger partial charge in [0.25, 0.3) is 0 Å². The maximum atomic E-state index is 13.2. The molecule has 1 spiro atoms. The lowest BCUT2D eigenvalue weighted by Gasteiger charge is -2.38. The quantitative estimate of drug-likeness (QED) is 0.550. The number of sulfonamides is 1. The summed E-state index contributed by atoms with van der Waals surface area (Å²) in [6, 6.07) is 0.0811. The van der Waals surface area contributed by atoms with Crippen LogP contribution in [0, 0.1) is 22.7 Å². The van der Waals surface area contributed by atoms with Gasteiger partial charge >= 0.3 is 0 Å². The van der Waals surface area contributed by atoms with Crippen molar-refractivity contribution in [1.82, 2.24) is 4.31 Å². The van der Waals surface area contributed by atoms with Crippen LogP contribution in [0.25, 0.3) is 0 Å². The number of fused-ring (bicyclic) bond motifs is 1. The summed E-state index contributed by atoms with van der Waals surface area (Å²) in [7, 11) is -5.21. The fourth-order valence-corrected chi connectivity index (χ4v) is 8.74. The minimum absolute atomic E-state index is 0.0811. The van der Waals surface area contributed by atoms with Crippen LogP contribution in [0.4, 0.5) is 0 Å². The van der Waals surface area contributed by atoms with Gasteiger partial charge < -0.3 is 4.43 Å². The van der Waals surface area contributed by atoms with Gasteiger partial charge in [-0.3, -0.25) is 0 Å². The number of hydrogen-bond acceptors (Lipinski definition) is 3. The average molecular weight is 372 g/mol. The van der Waals surface area contributed by atoms with Crippen molar-refractivity contribution < 1.29 is 12.8 Å². The summed E-state index contributed by atoms with van der Waals surface area (Å²) >= 11 is 0. The van der Waals surface area contributed by atoms with Crippen LogP contribution < -0.4 is 0 Å². The molecule has 0 radical (unpaired) electrons. The van der Waals surface area contributed by atoms with Crippen LogP contribution in [0.2, 0.25) is 19.6 Å². The van der Waals surface area contributed by atoms with Crippen molar-refractivity contribution in [3.8, 4) is 0 Å². The molecule has 0 aromatic rings. The van der Waals surface area contributed by atoms with Crippen LogP contribution >= 0.6 is 0 Å². The molecule has 4 nitrogen and oxygen atoms in total. The molecule has 6 heteroatoms. The Labute approximate surface area is 148 Å². The number of rotatable bonds is 4. The van der Waals surface area contributed by atoms with Gasteiger partial charge in [-0.1, -0.05) is 27.7 Å². The predicted octanol–water partition coefficient (Wildman–Crippen LogP) is 4.18. The van der Waals surface area contributed by atoms with Crippen molar-refractivity contribution in [3.63, 3.8) is 0 Å². The standard InChI is InChI=1S/C18H33NO3SSi/c1-13(2)10-16(22-24(5,6)7)19-15-11-14-8-9-18(15,17(14,3)4)12-23(19,20)21/h10,13-15H,8-9,11-12H2,1-7H3/b16-10-/t14-,15-,18-/m0/s1. The molecule has 138 valence electrons. The second kappa shape index (κ2) is 5.26. The SMILES string of the molecule is CC(C)/C=C(\O[Si](C)(C)C)N1[C@H]2C[C@@H]3CC[C@@]2(CS1(=O)=O)C3(C)C. The van der Waals surface area contributed by atoms with Crippen molar-refractivity contribution in [2.45, 2.75) is 72.6 Å². The zero-order chi connectivity index (χ0) is 18.1. The van der Waals surface area contributed by atoms with Crippen molar-refractivity contribution in [2.75, 3.05) is 5.75 Å². The van der Waals surface area contributed by atoms with Crippen LogP contribution in [-0.4, -0.2) is 32.8 Å². The lowest BCUT2D eigenvalue weighted by atomic mass is 9.69. The van der Waals surface area contributed by atoms with E-state index in [-0.39, 0.29) is 22.8 Å². The summed E-state index contributed by atoms with van der Waals surface area (Å²) in [6.07, 6.45) is 5.20. The second-order valence-corrected chi connectivity index (χ2v) is 16.2. The Balaban J connectivity index is 2.07. The lowest BCUT2D eigenvalue weighted by molar-refractivity contribution is 0.108. The highest BCUT2D eigenvalue weighted by molar-refractivity contribution is 7.89. The van der Waals surface area contributed by atoms with E-state index in [1.54, 1.807) is 4.31 Å². The third kappa shape index (κ3) is 2.55. The van der Waals surface area contributed by atoms with E-state index in [1.807, 2.05) is 6.08 Å². The molecule has 3 aliphatic rings. The van der Waals surface area contributed by atoms with E-state index >= 15 is 0 Å². The van der Waals surface area contributed by atoms with Gasteiger partial charge in [0.2, 0.25) is 18.3 Å². The Morgan fingerprint density at radius 3 is 2.42 bits per heavy atom. The van der Waals surface area contributed by atoms with Gasteiger partial charge in [-0.2, -0.15) is 0 Å². The topological polar surface area (TPSA) is 46.6 Å². The zero-order valence-electron chi connectivity index (χ0n) is 16.2. The van der Waals surface area contributed by atoms with Crippen molar-refractivity contribution in [2.24, 2.45) is 22.7 Å². The molecule has 0 aromatic carbocycles. The van der Waals surface area contributed by atoms with Gasteiger partial charge in [0, 0.05) is 5.41 Å². The smallest absolute Gasteiger partial charge is 0.244 e. The van der Waals surface area contributed by atoms with Gasteiger partial charge in [0.15, 0.2) is 5.88 Å². The first-order chi connectivity index (χ1) is 10.8. The predicted molar refractivity (Wildman–Crippen MR) is 100 cm³/mol. The molecule has 3 rings (SSSR count). The highest BCUT2D eigenvalue weighted by atomic mass is 32.2. The third-order valence-corrected chi connectivity index (χ3v) is 9.25. The Morgan fingerprint density at radius 2 is 1.92 bits per heavy atom. The molecule has 2 aliphatic carbocycles. The Bertz CT molecular complexity index is 662. The summed E-state index contributed by atoms with van der Waals surface area (Å²) < 4.78 is 34.3. The summed E-state index contributed by atoms with van der Waals surface area (Å²) in [4.78, 5) is 0. The van der Waals surface area contributed by atoms with Crippen molar-refractivity contribution >= 4 is 18.3 Å². The van der Waals surface area contributed by atoms with E-state index in [1.165, 1.54) is 6.42 Å². The van der Waals surface area contributed by atoms with Crippen LogP contribution in [0.5, 0.6) is 0 Å². The van der Waals surface area contributed by atoms with E-state index < -0.39 is 18.3 Å². The summed E-state index contributed by atoms with van der Waals surface area (Å²) in [5.41, 5.74) is -0.00302. The van der Waals surface area contributed by atoms with Gasteiger partial charge in [-0.05, 0) is 62.2 Å². The molecule has 0 unspecified atom stereocenters. The summed E-state index contributed by atoms with van der Waals surface area (Å²) in [5, 5.41) is 0. The highest BCUT2D eigenvalue weighted by Gasteiger charge is 2.72. The molecule has 2 saturated carbocycles. The monoisotopic (exact) mass is 371 g/mol. The summed E-state index contributed by atoms with van der Waals surface area (Å²) in [5.74, 6) is 1.79. The van der Waals surface area contributed by atoms with Crippen molar-refractivity contribution in [1.29, 1.82) is 0 Å². The maximum Gasteiger partial charge on any atom is 0.244 e. The highest BCUT2D eigenvalue weighted by Crippen LogP contribution is 2.70. The Kier molecular flexibility index (Phi) is 4.01. The Morgan fingerprint density at radius 1 is 1.29 bits per heavy atom. The molecular weight excluding hydrogens is 338 g/mol. The van der Waals surface area contributed by atoms with Gasteiger partial charge in [0.1, 0.15) is 0 Å². The van der Waals surface area contributed by atoms with E-state index in [2.05, 4.69) is 47.3 Å². The molecule has 0 aromatic heterocycles. The van der Waals surface area contributed by atoms with Crippen molar-refractivity contribution in [3.05, 3.63) is 12.0 Å². The van der Waals surface area contributed by atoms with E-state index in [4.69, 9.17) is 4.43 Å². The molecule has 24 heavy (non-hydrogen) atoms. The number of allylic oxidation sites excluding steroid dienone is 1. The fraction of sp³-hybridized carbons (Fsp3) is 0.889. The molecule has 3 fully saturated rings. The minimum Gasteiger partial charge on any atom is -0.532 e. The van der Waals surface area contributed by atoms with Gasteiger partial charge in [0.05, 0.1) is 11.8 Å². The maximum absolute atomic E-state index is 13.2. The molecule has 3 atom stereocenters. The number of hydrogen-bond donors (Lipinski definition) is 0. The first-order valence-corrected chi connectivity index (χ1v) is 14.2. The summed E-state index contributed by atoms with van der Waals surface area (Å²) in [6.45, 7) is 15.1. The third-order valence-electron chi connectivity index (χ3n) is 6.52. The minimum atomic E-state index is -3.32. The average Bonchev–Trinajstić information content (AvgIpc) is 2.82. The fourth-order valence-electron chi connectivity index (χ4n) is 5.33. The van der Waals surface area contributed by atoms with E-state index in [9.17, 15) is 8.42 Å². The number of nitrogens with zero attached hydrogens (tertiary/aromatic N) is 1. The lowest BCUT2D eigenvalue weighted by Crippen LogP contribution is -2.43. The van der Waals surface area contributed by atoms with E-state index in [0.29, 0.717) is 17.6 Å². The van der Waals surface area contributed by atoms with Crippen LogP contribution in [0.3, 0.4) is 0 Å². The first kappa shape index (κ1) is 18.3. The van der Waals surface area contributed by atoms with Gasteiger partial charge in [-0.15, -0.1) is 0 Å². The van der Waals surface area contributed by atoms with E-state index in [0.717, 1.165) is 12.8 Å². The molecule has 1 saturated heterocycles. The molecule has 2 bridgehead atoms. The normalized spacial score (nSPS) is 37.2. The Hall–Kier alpha value is -0.493. The molecule has 1 aliphatic heterocycles. The molecule has 0 N–H and O–H groups in total. The molecular formula is C18H33NO3SSi. The van der Waals surface area contributed by atoms with Crippen LogP contribution in [0.1, 0.15) is 47.0 Å². The molecule has 0 amide bonds. The first-order valence-electron chi connectivity index (χ1n) is 9.23. The van der Waals surface area contributed by atoms with Gasteiger partial charge in [-0.25, -0.2) is 12.7 Å².